The van der Waals surface area contributed by atoms with Gasteiger partial charge in [-0.25, -0.2) is 4.39 Å². The maximum Gasteiger partial charge on any atom is 0.124 e. The number of aliphatic hydroxyl groups is 1. The van der Waals surface area contributed by atoms with Crippen molar-refractivity contribution in [1.29, 1.82) is 5.26 Å². The smallest absolute Gasteiger partial charge is 0.124 e. The Hall–Kier alpha value is -1.44. The van der Waals surface area contributed by atoms with Crippen LogP contribution in [0.4, 0.5) is 4.39 Å². The van der Waals surface area contributed by atoms with Gasteiger partial charge < -0.3 is 10.4 Å². The topological polar surface area (TPSA) is 56.0 Å². The Morgan fingerprint density at radius 3 is 2.84 bits per heavy atom. The average molecular weight is 262 g/mol. The molecule has 1 aliphatic carbocycles. The molecule has 1 fully saturated rings. The van der Waals surface area contributed by atoms with Gasteiger partial charge in [-0.3, -0.25) is 0 Å². The minimum absolute atomic E-state index is 0.255. The lowest BCUT2D eigenvalue weighted by molar-refractivity contribution is 0.192. The van der Waals surface area contributed by atoms with Crippen LogP contribution in [0.2, 0.25) is 0 Å². The summed E-state index contributed by atoms with van der Waals surface area (Å²) in [6, 6.07) is 6.35. The quantitative estimate of drug-likeness (QED) is 0.855. The number of hydrogen-bond donors (Lipinski definition) is 2. The predicted molar refractivity (Wildman–Crippen MR) is 70.7 cm³/mol. The zero-order valence-electron chi connectivity index (χ0n) is 10.9. The summed E-state index contributed by atoms with van der Waals surface area (Å²) in [5.74, 6) is 0.536. The highest BCUT2D eigenvalue weighted by Gasteiger charge is 2.25. The fourth-order valence-corrected chi connectivity index (χ4v) is 2.84. The van der Waals surface area contributed by atoms with Crippen LogP contribution in [0.5, 0.6) is 0 Å². The molecule has 102 valence electrons. The van der Waals surface area contributed by atoms with Crippen LogP contribution < -0.4 is 5.32 Å². The predicted octanol–water partition coefficient (Wildman–Crippen LogP) is 2.20. The van der Waals surface area contributed by atoms with E-state index in [0.717, 1.165) is 24.9 Å². The van der Waals surface area contributed by atoms with Crippen molar-refractivity contribution < 1.29 is 9.50 Å². The van der Waals surface area contributed by atoms with Crippen molar-refractivity contribution in [2.45, 2.75) is 25.8 Å². The summed E-state index contributed by atoms with van der Waals surface area (Å²) in [5, 5.41) is 21.3. The lowest BCUT2D eigenvalue weighted by Crippen LogP contribution is -2.26. The molecule has 2 rings (SSSR count). The lowest BCUT2D eigenvalue weighted by atomic mass is 9.97. The van der Waals surface area contributed by atoms with Gasteiger partial charge in [0.1, 0.15) is 5.82 Å². The van der Waals surface area contributed by atoms with E-state index in [0.29, 0.717) is 23.9 Å². The van der Waals surface area contributed by atoms with Gasteiger partial charge in [0.05, 0.1) is 11.6 Å². The Labute approximate surface area is 113 Å². The van der Waals surface area contributed by atoms with Crippen molar-refractivity contribution in [1.82, 2.24) is 5.32 Å². The number of nitriles is 1. The van der Waals surface area contributed by atoms with Crippen molar-refractivity contribution in [2.75, 3.05) is 13.2 Å². The summed E-state index contributed by atoms with van der Waals surface area (Å²) < 4.78 is 13.2. The van der Waals surface area contributed by atoms with Gasteiger partial charge in [-0.1, -0.05) is 6.42 Å². The molecule has 4 heteroatoms. The molecule has 2 N–H and O–H groups in total. The third-order valence-corrected chi connectivity index (χ3v) is 3.87. The van der Waals surface area contributed by atoms with E-state index < -0.39 is 0 Å². The number of nitrogens with one attached hydrogen (secondary N) is 1. The molecule has 19 heavy (non-hydrogen) atoms. The highest BCUT2D eigenvalue weighted by atomic mass is 19.1. The fraction of sp³-hybridized carbons (Fsp3) is 0.533. The summed E-state index contributed by atoms with van der Waals surface area (Å²) in [4.78, 5) is 0. The number of benzene rings is 1. The van der Waals surface area contributed by atoms with Crippen molar-refractivity contribution in [2.24, 2.45) is 11.8 Å². The molecule has 2 unspecified atom stereocenters. The SMILES string of the molecule is N#Cc1cc(F)cc(CNCC2CCCC2CO)c1. The van der Waals surface area contributed by atoms with Crippen LogP contribution in [0.1, 0.15) is 30.4 Å². The molecule has 1 aromatic rings. The van der Waals surface area contributed by atoms with E-state index >= 15 is 0 Å². The van der Waals surface area contributed by atoms with Gasteiger partial charge in [0.2, 0.25) is 0 Å². The van der Waals surface area contributed by atoms with Gasteiger partial charge in [-0.15, -0.1) is 0 Å². The van der Waals surface area contributed by atoms with Crippen LogP contribution in [-0.2, 0) is 6.54 Å². The first-order chi connectivity index (χ1) is 9.22. The van der Waals surface area contributed by atoms with Gasteiger partial charge in [0.15, 0.2) is 0 Å². The second-order valence-corrected chi connectivity index (χ2v) is 5.22. The first-order valence-corrected chi connectivity index (χ1v) is 6.74. The van der Waals surface area contributed by atoms with Gasteiger partial charge in [0, 0.05) is 13.2 Å². The molecule has 0 saturated heterocycles. The minimum atomic E-state index is -0.370. The van der Waals surface area contributed by atoms with E-state index in [2.05, 4.69) is 5.32 Å². The van der Waals surface area contributed by atoms with Gasteiger partial charge >= 0.3 is 0 Å². The van der Waals surface area contributed by atoms with Gasteiger partial charge in [0.25, 0.3) is 0 Å². The Kier molecular flexibility index (Phi) is 4.89. The molecule has 1 aliphatic rings. The molecule has 0 spiro atoms. The van der Waals surface area contributed by atoms with Crippen molar-refractivity contribution in [3.8, 4) is 6.07 Å². The highest BCUT2D eigenvalue weighted by Crippen LogP contribution is 2.30. The Balaban J connectivity index is 1.86. The second-order valence-electron chi connectivity index (χ2n) is 5.22. The number of nitrogens with zero attached hydrogens (tertiary/aromatic N) is 1. The molecular weight excluding hydrogens is 243 g/mol. The summed E-state index contributed by atoms with van der Waals surface area (Å²) in [6.45, 7) is 1.65. The zero-order chi connectivity index (χ0) is 13.7. The van der Waals surface area contributed by atoms with E-state index in [1.54, 1.807) is 6.07 Å². The van der Waals surface area contributed by atoms with E-state index in [4.69, 9.17) is 5.26 Å². The first kappa shape index (κ1) is 14.0. The van der Waals surface area contributed by atoms with Gasteiger partial charge in [-0.2, -0.15) is 5.26 Å². The molecule has 1 saturated carbocycles. The molecule has 0 amide bonds. The Morgan fingerprint density at radius 1 is 1.32 bits per heavy atom. The number of rotatable bonds is 5. The number of hydrogen-bond acceptors (Lipinski definition) is 3. The molecule has 1 aromatic carbocycles. The van der Waals surface area contributed by atoms with Crippen molar-refractivity contribution in [3.05, 3.63) is 35.1 Å². The van der Waals surface area contributed by atoms with E-state index in [-0.39, 0.29) is 12.4 Å². The molecule has 0 aromatic heterocycles. The normalized spacial score (nSPS) is 22.4. The van der Waals surface area contributed by atoms with Gasteiger partial charge in [-0.05, 0) is 55.0 Å². The largest absolute Gasteiger partial charge is 0.396 e. The van der Waals surface area contributed by atoms with Crippen LogP contribution in [0, 0.1) is 29.0 Å². The molecule has 0 bridgehead atoms. The van der Waals surface area contributed by atoms with E-state index in [9.17, 15) is 9.50 Å². The Bertz CT molecular complexity index is 470. The molecule has 0 heterocycles. The minimum Gasteiger partial charge on any atom is -0.396 e. The molecule has 0 aliphatic heterocycles. The fourth-order valence-electron chi connectivity index (χ4n) is 2.84. The van der Waals surface area contributed by atoms with Crippen LogP contribution in [0.15, 0.2) is 18.2 Å². The third kappa shape index (κ3) is 3.76. The third-order valence-electron chi connectivity index (χ3n) is 3.87. The number of aliphatic hydroxyl groups excluding tert-OH is 1. The average Bonchev–Trinajstić information content (AvgIpc) is 2.85. The molecular formula is C15H19FN2O. The summed E-state index contributed by atoms with van der Waals surface area (Å²) >= 11 is 0. The first-order valence-electron chi connectivity index (χ1n) is 6.74. The van der Waals surface area contributed by atoms with E-state index in [1.165, 1.54) is 18.6 Å². The summed E-state index contributed by atoms with van der Waals surface area (Å²) in [7, 11) is 0. The maximum absolute atomic E-state index is 13.2. The van der Waals surface area contributed by atoms with Crippen LogP contribution in [-0.4, -0.2) is 18.3 Å². The summed E-state index contributed by atoms with van der Waals surface area (Å²) in [5.41, 5.74) is 1.14. The molecule has 2 atom stereocenters. The van der Waals surface area contributed by atoms with Crippen LogP contribution in [0.25, 0.3) is 0 Å². The van der Waals surface area contributed by atoms with Crippen molar-refractivity contribution in [3.63, 3.8) is 0 Å². The molecule has 0 radical (unpaired) electrons. The molecule has 3 nitrogen and oxygen atoms in total. The maximum atomic E-state index is 13.2. The van der Waals surface area contributed by atoms with Crippen LogP contribution >= 0.6 is 0 Å². The van der Waals surface area contributed by atoms with Crippen LogP contribution in [0.3, 0.4) is 0 Å². The monoisotopic (exact) mass is 262 g/mol. The second kappa shape index (κ2) is 6.65. The zero-order valence-corrected chi connectivity index (χ0v) is 10.9. The van der Waals surface area contributed by atoms with Crippen molar-refractivity contribution >= 4 is 0 Å². The Morgan fingerprint density at radius 2 is 2.11 bits per heavy atom. The standard InChI is InChI=1S/C15H19FN2O/c16-15-5-11(7-17)4-12(6-15)8-18-9-13-2-1-3-14(13)10-19/h4-6,13-14,18-19H,1-3,8-10H2. The number of halogens is 1. The lowest BCUT2D eigenvalue weighted by Gasteiger charge is -2.17. The summed E-state index contributed by atoms with van der Waals surface area (Å²) in [6.07, 6.45) is 3.42. The highest BCUT2D eigenvalue weighted by molar-refractivity contribution is 5.33. The van der Waals surface area contributed by atoms with E-state index in [1.807, 2.05) is 6.07 Å².